The predicted molar refractivity (Wildman–Crippen MR) is 93.4 cm³/mol. The van der Waals surface area contributed by atoms with Crippen molar-refractivity contribution in [2.75, 3.05) is 13.1 Å². The van der Waals surface area contributed by atoms with Gasteiger partial charge < -0.3 is 10.0 Å². The molecule has 0 unspecified atom stereocenters. The molecule has 1 saturated heterocycles. The highest BCUT2D eigenvalue weighted by Crippen LogP contribution is 2.36. The zero-order valence-corrected chi connectivity index (χ0v) is 14.2. The SMILES string of the molecule is Cc1ccccc1/C=C(\CC(=O)N1C[C@H]2CCCC[C@H]2C1)C(=O)O. The Morgan fingerprint density at radius 3 is 2.38 bits per heavy atom. The molecule has 1 aromatic carbocycles. The zero-order chi connectivity index (χ0) is 17.1. The molecule has 1 saturated carbocycles. The number of amides is 1. The predicted octanol–water partition coefficient (Wildman–Crippen LogP) is 3.50. The number of fused-ring (bicyclic) bond motifs is 1. The number of carboxylic acids is 1. The van der Waals surface area contributed by atoms with Crippen LogP contribution < -0.4 is 0 Å². The molecule has 2 aliphatic rings. The third-order valence-corrected chi connectivity index (χ3v) is 5.46. The quantitative estimate of drug-likeness (QED) is 0.861. The lowest BCUT2D eigenvalue weighted by molar-refractivity contribution is -0.136. The molecule has 3 rings (SSSR count). The topological polar surface area (TPSA) is 57.6 Å². The third kappa shape index (κ3) is 3.69. The van der Waals surface area contributed by atoms with Crippen LogP contribution in [-0.4, -0.2) is 35.0 Å². The summed E-state index contributed by atoms with van der Waals surface area (Å²) >= 11 is 0. The first kappa shape index (κ1) is 16.7. The van der Waals surface area contributed by atoms with Gasteiger partial charge in [0.2, 0.25) is 5.91 Å². The van der Waals surface area contributed by atoms with Crippen LogP contribution in [-0.2, 0) is 9.59 Å². The monoisotopic (exact) mass is 327 g/mol. The number of hydrogen-bond donors (Lipinski definition) is 1. The standard InChI is InChI=1S/C20H25NO3/c1-14-6-2-3-7-15(14)10-18(20(23)24)11-19(22)21-12-16-8-4-5-9-17(16)13-21/h2-3,6-7,10,16-17H,4-5,8-9,11-13H2,1H3,(H,23,24)/b18-10+/t16-,17+. The maximum absolute atomic E-state index is 12.6. The van der Waals surface area contributed by atoms with Crippen molar-refractivity contribution in [1.82, 2.24) is 4.90 Å². The van der Waals surface area contributed by atoms with Crippen LogP contribution >= 0.6 is 0 Å². The number of aliphatic carboxylic acids is 1. The van der Waals surface area contributed by atoms with Gasteiger partial charge in [-0.25, -0.2) is 4.79 Å². The molecule has 1 amide bonds. The Balaban J connectivity index is 1.71. The van der Waals surface area contributed by atoms with E-state index in [1.807, 2.05) is 36.1 Å². The van der Waals surface area contributed by atoms with Gasteiger partial charge in [-0.2, -0.15) is 0 Å². The van der Waals surface area contributed by atoms with Gasteiger partial charge in [0.25, 0.3) is 0 Å². The molecule has 4 heteroatoms. The highest BCUT2D eigenvalue weighted by Gasteiger charge is 2.36. The molecule has 0 spiro atoms. The summed E-state index contributed by atoms with van der Waals surface area (Å²) in [4.78, 5) is 26.1. The summed E-state index contributed by atoms with van der Waals surface area (Å²) in [5, 5.41) is 9.48. The molecular weight excluding hydrogens is 302 g/mol. The molecule has 1 N–H and O–H groups in total. The fourth-order valence-corrected chi connectivity index (χ4v) is 4.01. The molecule has 2 fully saturated rings. The summed E-state index contributed by atoms with van der Waals surface area (Å²) < 4.78 is 0. The number of carbonyl (C=O) groups is 2. The lowest BCUT2D eigenvalue weighted by Gasteiger charge is -2.22. The van der Waals surface area contributed by atoms with Gasteiger partial charge >= 0.3 is 5.97 Å². The molecule has 1 aromatic rings. The van der Waals surface area contributed by atoms with Crippen LogP contribution in [0.3, 0.4) is 0 Å². The Kier molecular flexibility index (Phi) is 5.03. The number of carbonyl (C=O) groups excluding carboxylic acids is 1. The second kappa shape index (κ2) is 7.20. The van der Waals surface area contributed by atoms with Crippen LogP contribution in [0.15, 0.2) is 29.8 Å². The number of aryl methyl sites for hydroxylation is 1. The average molecular weight is 327 g/mol. The Labute approximate surface area is 143 Å². The van der Waals surface area contributed by atoms with Crippen molar-refractivity contribution in [3.63, 3.8) is 0 Å². The molecule has 4 nitrogen and oxygen atoms in total. The van der Waals surface area contributed by atoms with E-state index in [4.69, 9.17) is 0 Å². The summed E-state index contributed by atoms with van der Waals surface area (Å²) in [6, 6.07) is 7.63. The van der Waals surface area contributed by atoms with Gasteiger partial charge in [0, 0.05) is 18.7 Å². The smallest absolute Gasteiger partial charge is 0.332 e. The van der Waals surface area contributed by atoms with Gasteiger partial charge in [-0.1, -0.05) is 37.1 Å². The molecular formula is C20H25NO3. The van der Waals surface area contributed by atoms with Gasteiger partial charge in [-0.15, -0.1) is 0 Å². The van der Waals surface area contributed by atoms with E-state index in [9.17, 15) is 14.7 Å². The van der Waals surface area contributed by atoms with Gasteiger partial charge in [0.05, 0.1) is 6.42 Å². The first-order valence-corrected chi connectivity index (χ1v) is 8.82. The summed E-state index contributed by atoms with van der Waals surface area (Å²) in [7, 11) is 0. The van der Waals surface area contributed by atoms with E-state index in [2.05, 4.69) is 0 Å². The molecule has 1 aliphatic heterocycles. The number of benzene rings is 1. The molecule has 2 atom stereocenters. The Bertz CT molecular complexity index is 651. The van der Waals surface area contributed by atoms with E-state index in [0.29, 0.717) is 11.8 Å². The number of carboxylic acid groups (broad SMARTS) is 1. The van der Waals surface area contributed by atoms with Crippen LogP contribution in [0.1, 0.15) is 43.2 Å². The van der Waals surface area contributed by atoms with E-state index >= 15 is 0 Å². The highest BCUT2D eigenvalue weighted by molar-refractivity contribution is 5.98. The summed E-state index contributed by atoms with van der Waals surface area (Å²) in [5.74, 6) is 0.183. The molecule has 0 aromatic heterocycles. The minimum atomic E-state index is -1.01. The number of likely N-dealkylation sites (tertiary alicyclic amines) is 1. The fourth-order valence-electron chi connectivity index (χ4n) is 4.01. The summed E-state index contributed by atoms with van der Waals surface area (Å²) in [6.45, 7) is 3.56. The normalized spacial score (nSPS) is 23.9. The van der Waals surface area contributed by atoms with E-state index in [1.54, 1.807) is 6.08 Å². The van der Waals surface area contributed by atoms with Crippen molar-refractivity contribution < 1.29 is 14.7 Å². The third-order valence-electron chi connectivity index (χ3n) is 5.46. The van der Waals surface area contributed by atoms with Gasteiger partial charge in [0.1, 0.15) is 0 Å². The lowest BCUT2D eigenvalue weighted by atomic mass is 9.82. The molecule has 0 bridgehead atoms. The summed E-state index contributed by atoms with van der Waals surface area (Å²) in [6.07, 6.45) is 6.55. The van der Waals surface area contributed by atoms with Gasteiger partial charge in [-0.3, -0.25) is 4.79 Å². The zero-order valence-electron chi connectivity index (χ0n) is 14.2. The Morgan fingerprint density at radius 1 is 1.17 bits per heavy atom. The van der Waals surface area contributed by atoms with Crippen molar-refractivity contribution in [3.8, 4) is 0 Å². The average Bonchev–Trinajstić information content (AvgIpc) is 3.00. The second-order valence-corrected chi connectivity index (χ2v) is 7.11. The maximum atomic E-state index is 12.6. The van der Waals surface area contributed by atoms with Crippen LogP contribution in [0.4, 0.5) is 0 Å². The van der Waals surface area contributed by atoms with Crippen LogP contribution in [0.25, 0.3) is 6.08 Å². The minimum absolute atomic E-state index is 0.0247. The van der Waals surface area contributed by atoms with E-state index in [-0.39, 0.29) is 17.9 Å². The molecule has 0 radical (unpaired) electrons. The highest BCUT2D eigenvalue weighted by atomic mass is 16.4. The summed E-state index contributed by atoms with van der Waals surface area (Å²) in [5.41, 5.74) is 2.04. The number of nitrogens with zero attached hydrogens (tertiary/aromatic N) is 1. The maximum Gasteiger partial charge on any atom is 0.332 e. The lowest BCUT2D eigenvalue weighted by Crippen LogP contribution is -2.29. The van der Waals surface area contributed by atoms with Crippen LogP contribution in [0.5, 0.6) is 0 Å². The Hall–Kier alpha value is -2.10. The van der Waals surface area contributed by atoms with Crippen LogP contribution in [0.2, 0.25) is 0 Å². The van der Waals surface area contributed by atoms with E-state index in [0.717, 1.165) is 24.2 Å². The van der Waals surface area contributed by atoms with Crippen molar-refractivity contribution >= 4 is 18.0 Å². The van der Waals surface area contributed by atoms with E-state index in [1.165, 1.54) is 25.7 Å². The second-order valence-electron chi connectivity index (χ2n) is 7.11. The molecule has 24 heavy (non-hydrogen) atoms. The van der Waals surface area contributed by atoms with Crippen molar-refractivity contribution in [3.05, 3.63) is 41.0 Å². The molecule has 1 aliphatic carbocycles. The van der Waals surface area contributed by atoms with Crippen molar-refractivity contribution in [2.45, 2.75) is 39.0 Å². The molecule has 1 heterocycles. The Morgan fingerprint density at radius 2 is 1.79 bits per heavy atom. The van der Waals surface area contributed by atoms with Gasteiger partial charge in [0.15, 0.2) is 0 Å². The van der Waals surface area contributed by atoms with Gasteiger partial charge in [-0.05, 0) is 48.8 Å². The molecule has 128 valence electrons. The van der Waals surface area contributed by atoms with E-state index < -0.39 is 5.97 Å². The number of rotatable bonds is 4. The van der Waals surface area contributed by atoms with Crippen LogP contribution in [0, 0.1) is 18.8 Å². The minimum Gasteiger partial charge on any atom is -0.478 e. The first-order chi connectivity index (χ1) is 11.5. The fraction of sp³-hybridized carbons (Fsp3) is 0.500. The number of hydrogen-bond acceptors (Lipinski definition) is 2. The van der Waals surface area contributed by atoms with Crippen molar-refractivity contribution in [1.29, 1.82) is 0 Å². The van der Waals surface area contributed by atoms with Crippen molar-refractivity contribution in [2.24, 2.45) is 11.8 Å². The largest absolute Gasteiger partial charge is 0.478 e. The first-order valence-electron chi connectivity index (χ1n) is 8.82.